The van der Waals surface area contributed by atoms with Crippen molar-refractivity contribution < 1.29 is 22.9 Å². The Kier molecular flexibility index (Phi) is 7.22. The first kappa shape index (κ1) is 27.5. The first-order valence-corrected chi connectivity index (χ1v) is 14.5. The van der Waals surface area contributed by atoms with Gasteiger partial charge in [-0.25, -0.2) is 9.37 Å². The Bertz CT molecular complexity index is 1670. The third-order valence-corrected chi connectivity index (χ3v) is 7.67. The number of aromatic amines is 1. The summed E-state index contributed by atoms with van der Waals surface area (Å²) in [6, 6.07) is 14.5. The fraction of sp³-hybridized carbons (Fsp3) is 0.300. The summed E-state index contributed by atoms with van der Waals surface area (Å²) in [6.45, 7) is 8.19. The van der Waals surface area contributed by atoms with E-state index in [9.17, 15) is 18.2 Å². The van der Waals surface area contributed by atoms with Gasteiger partial charge in [0.1, 0.15) is 18.2 Å². The molecule has 0 aliphatic carbocycles. The number of fused-ring (bicyclic) bond motifs is 2. The molecule has 1 aliphatic rings. The van der Waals surface area contributed by atoms with Crippen LogP contribution < -0.4 is 10.1 Å². The monoisotopic (exact) mass is 562 g/mol. The van der Waals surface area contributed by atoms with E-state index in [1.54, 1.807) is 4.90 Å². The van der Waals surface area contributed by atoms with Gasteiger partial charge in [0.25, 0.3) is 11.8 Å². The van der Waals surface area contributed by atoms with E-state index in [0.29, 0.717) is 24.4 Å². The van der Waals surface area contributed by atoms with Crippen LogP contribution in [0, 0.1) is 12.7 Å². The lowest BCUT2D eigenvalue weighted by Gasteiger charge is -2.21. The third-order valence-electron chi connectivity index (χ3n) is 6.74. The second kappa shape index (κ2) is 10.5. The summed E-state index contributed by atoms with van der Waals surface area (Å²) in [4.78, 5) is 35.3. The molecule has 0 saturated carbocycles. The van der Waals surface area contributed by atoms with Crippen LogP contribution in [0.15, 0.2) is 53.4 Å². The largest absolute Gasteiger partial charge is 0.491 e. The Balaban J connectivity index is 1.42. The molecule has 3 aromatic carbocycles. The maximum atomic E-state index is 14.8. The van der Waals surface area contributed by atoms with Crippen LogP contribution in [0.1, 0.15) is 52.9 Å². The second-order valence-electron chi connectivity index (χ2n) is 10.9. The summed E-state index contributed by atoms with van der Waals surface area (Å²) >= 11 is 0. The van der Waals surface area contributed by atoms with Crippen molar-refractivity contribution in [3.63, 3.8) is 0 Å². The van der Waals surface area contributed by atoms with E-state index in [0.717, 1.165) is 22.2 Å². The number of rotatable bonds is 4. The molecule has 40 heavy (non-hydrogen) atoms. The van der Waals surface area contributed by atoms with E-state index in [1.807, 2.05) is 57.2 Å². The fourth-order valence-electron chi connectivity index (χ4n) is 4.73. The molecule has 2 N–H and O–H groups in total. The van der Waals surface area contributed by atoms with Crippen LogP contribution in [0.4, 0.5) is 4.39 Å². The van der Waals surface area contributed by atoms with Crippen molar-refractivity contribution in [2.75, 3.05) is 19.4 Å². The smallest absolute Gasteiger partial charge is 0.287 e. The number of benzene rings is 3. The normalized spacial score (nSPS) is 14.3. The lowest BCUT2D eigenvalue weighted by atomic mass is 10.0. The van der Waals surface area contributed by atoms with Crippen LogP contribution in [0.5, 0.6) is 5.75 Å². The minimum absolute atomic E-state index is 0.0828. The maximum Gasteiger partial charge on any atom is 0.287 e. The second-order valence-corrected chi connectivity index (χ2v) is 12.3. The number of hydrogen-bond acceptors (Lipinski definition) is 5. The molecule has 208 valence electrons. The molecule has 1 atom stereocenters. The number of amides is 2. The number of ether oxygens (including phenoxy) is 1. The zero-order chi connectivity index (χ0) is 28.8. The van der Waals surface area contributed by atoms with Gasteiger partial charge < -0.3 is 19.9 Å². The van der Waals surface area contributed by atoms with Crippen LogP contribution in [0.2, 0.25) is 0 Å². The van der Waals surface area contributed by atoms with Gasteiger partial charge in [0.05, 0.1) is 33.3 Å². The number of nitrogens with zero attached hydrogens (tertiary/aromatic N) is 2. The summed E-state index contributed by atoms with van der Waals surface area (Å²) < 4.78 is 32.6. The topological polar surface area (TPSA) is 104 Å². The Morgan fingerprint density at radius 2 is 1.82 bits per heavy atom. The highest BCUT2D eigenvalue weighted by Gasteiger charge is 2.25. The first-order valence-electron chi connectivity index (χ1n) is 12.9. The average molecular weight is 563 g/mol. The number of aromatic nitrogens is 2. The van der Waals surface area contributed by atoms with Crippen LogP contribution in [-0.4, -0.2) is 55.8 Å². The van der Waals surface area contributed by atoms with Gasteiger partial charge in [0.2, 0.25) is 0 Å². The van der Waals surface area contributed by atoms with E-state index in [4.69, 9.17) is 4.74 Å². The van der Waals surface area contributed by atoms with Gasteiger partial charge in [-0.2, -0.15) is 0 Å². The number of halogens is 1. The molecule has 1 aromatic heterocycles. The fourth-order valence-corrected chi connectivity index (χ4v) is 5.39. The molecule has 0 radical (unpaired) electrons. The van der Waals surface area contributed by atoms with Gasteiger partial charge in [0.15, 0.2) is 5.82 Å². The molecule has 2 heterocycles. The molecular weight excluding hydrogens is 531 g/mol. The molecule has 0 fully saturated rings. The highest BCUT2D eigenvalue weighted by atomic mass is 32.2. The van der Waals surface area contributed by atoms with Crippen molar-refractivity contribution in [1.29, 1.82) is 0 Å². The highest BCUT2D eigenvalue weighted by Crippen LogP contribution is 2.31. The zero-order valence-corrected chi connectivity index (χ0v) is 23.9. The summed E-state index contributed by atoms with van der Waals surface area (Å²) in [5.74, 6) is -0.274. The van der Waals surface area contributed by atoms with Gasteiger partial charge in [-0.15, -0.1) is 0 Å². The van der Waals surface area contributed by atoms with Crippen molar-refractivity contribution in [3.05, 3.63) is 76.9 Å². The predicted octanol–water partition coefficient (Wildman–Crippen LogP) is 4.98. The molecule has 0 spiro atoms. The Hall–Kier alpha value is -4.05. The van der Waals surface area contributed by atoms with Crippen molar-refractivity contribution >= 4 is 33.6 Å². The number of carbonyl (C=O) groups excluding carboxylic acids is 2. The van der Waals surface area contributed by atoms with E-state index < -0.39 is 16.6 Å². The summed E-state index contributed by atoms with van der Waals surface area (Å²) in [5, 5.41) is 2.91. The van der Waals surface area contributed by atoms with Crippen molar-refractivity contribution in [3.8, 4) is 16.9 Å². The van der Waals surface area contributed by atoms with Crippen molar-refractivity contribution in [2.24, 2.45) is 0 Å². The number of H-pyrrole nitrogens is 1. The van der Waals surface area contributed by atoms with E-state index >= 15 is 0 Å². The van der Waals surface area contributed by atoms with Crippen LogP contribution >= 0.6 is 0 Å². The molecular formula is C30H31FN4O4S. The van der Waals surface area contributed by atoms with Crippen LogP contribution in [0.3, 0.4) is 0 Å². The standard InChI is InChI=1S/C30H31FN4O4S/c1-17-21(8-11-25(26(17)31)40(5)38)29(37)35-12-13-39-24-10-7-18(14-20(24)16-35)19-6-9-22-23(15-19)33-27(32-22)28(36)34-30(2,3)4/h6-11,14-15H,12-13,16H2,1-5H3,(H,32,33)(H,34,36). The van der Waals surface area contributed by atoms with Gasteiger partial charge in [-0.3, -0.25) is 13.8 Å². The minimum atomic E-state index is -1.49. The van der Waals surface area contributed by atoms with Crippen LogP contribution in [-0.2, 0) is 17.3 Å². The molecule has 0 saturated heterocycles. The molecule has 0 bridgehead atoms. The quantitative estimate of drug-likeness (QED) is 0.365. The zero-order valence-electron chi connectivity index (χ0n) is 23.1. The molecule has 10 heteroatoms. The first-order chi connectivity index (χ1) is 18.9. The molecule has 2 amide bonds. The minimum Gasteiger partial charge on any atom is -0.491 e. The van der Waals surface area contributed by atoms with Gasteiger partial charge >= 0.3 is 0 Å². The Labute approximate surface area is 234 Å². The lowest BCUT2D eigenvalue weighted by molar-refractivity contribution is 0.0731. The van der Waals surface area contributed by atoms with Crippen molar-refractivity contribution in [2.45, 2.75) is 44.7 Å². The Morgan fingerprint density at radius 1 is 1.10 bits per heavy atom. The van der Waals surface area contributed by atoms with Gasteiger partial charge in [-0.05, 0) is 80.8 Å². The molecule has 8 nitrogen and oxygen atoms in total. The van der Waals surface area contributed by atoms with Gasteiger partial charge in [-0.1, -0.05) is 12.1 Å². The van der Waals surface area contributed by atoms with E-state index in [1.165, 1.54) is 25.3 Å². The van der Waals surface area contributed by atoms with E-state index in [2.05, 4.69) is 15.3 Å². The van der Waals surface area contributed by atoms with Crippen LogP contribution in [0.25, 0.3) is 22.2 Å². The Morgan fingerprint density at radius 3 is 2.55 bits per heavy atom. The SMILES string of the molecule is Cc1c(C(=O)N2CCOc3ccc(-c4ccc5nc(C(=O)NC(C)(C)C)[nH]c5c4)cc3C2)ccc(S(C)=O)c1F. The molecule has 1 unspecified atom stereocenters. The summed E-state index contributed by atoms with van der Waals surface area (Å²) in [7, 11) is -1.49. The highest BCUT2D eigenvalue weighted by molar-refractivity contribution is 7.84. The molecule has 4 aromatic rings. The third kappa shape index (κ3) is 5.49. The lowest BCUT2D eigenvalue weighted by Crippen LogP contribution is -2.41. The number of nitrogens with one attached hydrogen (secondary N) is 2. The number of imidazole rings is 1. The summed E-state index contributed by atoms with van der Waals surface area (Å²) in [5.41, 5.74) is 4.08. The molecule has 1 aliphatic heterocycles. The molecule has 5 rings (SSSR count). The van der Waals surface area contributed by atoms with E-state index in [-0.39, 0.29) is 45.7 Å². The average Bonchev–Trinajstić information content (AvgIpc) is 3.21. The van der Waals surface area contributed by atoms with Crippen molar-refractivity contribution in [1.82, 2.24) is 20.2 Å². The summed E-state index contributed by atoms with van der Waals surface area (Å²) in [6.07, 6.45) is 1.41. The van der Waals surface area contributed by atoms with Gasteiger partial charge in [0, 0.05) is 29.5 Å². The predicted molar refractivity (Wildman–Crippen MR) is 152 cm³/mol. The number of carbonyl (C=O) groups is 2. The number of hydrogen-bond donors (Lipinski definition) is 2. The maximum absolute atomic E-state index is 14.8.